The van der Waals surface area contributed by atoms with Gasteiger partial charge in [0.1, 0.15) is 5.75 Å². The zero-order valence-electron chi connectivity index (χ0n) is 9.86. The van der Waals surface area contributed by atoms with Gasteiger partial charge >= 0.3 is 0 Å². The van der Waals surface area contributed by atoms with Crippen molar-refractivity contribution in [1.82, 2.24) is 5.32 Å². The van der Waals surface area contributed by atoms with E-state index in [1.165, 1.54) is 5.56 Å². The van der Waals surface area contributed by atoms with Crippen LogP contribution in [-0.2, 0) is 17.3 Å². The second-order valence-electron chi connectivity index (χ2n) is 3.66. The Balaban J connectivity index is 2.23. The Hall–Kier alpha value is -0.870. The molecule has 0 radical (unpaired) electrons. The van der Waals surface area contributed by atoms with Crippen molar-refractivity contribution < 1.29 is 8.95 Å². The van der Waals surface area contributed by atoms with E-state index in [1.54, 1.807) is 13.4 Å². The molecule has 0 spiro atoms. The van der Waals surface area contributed by atoms with E-state index in [9.17, 15) is 4.21 Å². The van der Waals surface area contributed by atoms with Crippen LogP contribution in [0.3, 0.4) is 0 Å². The summed E-state index contributed by atoms with van der Waals surface area (Å²) in [6.45, 7) is 1.73. The SMILES string of the molecule is COc1cccc(CNCCCS(C)=O)c1. The topological polar surface area (TPSA) is 38.3 Å². The Morgan fingerprint density at radius 3 is 2.94 bits per heavy atom. The average Bonchev–Trinajstić information content (AvgIpc) is 2.28. The first-order valence-corrected chi connectivity index (χ1v) is 7.09. The van der Waals surface area contributed by atoms with Crippen LogP contribution in [0.4, 0.5) is 0 Å². The highest BCUT2D eigenvalue weighted by Gasteiger charge is 1.96. The Kier molecular flexibility index (Phi) is 6.11. The maximum absolute atomic E-state index is 10.8. The summed E-state index contributed by atoms with van der Waals surface area (Å²) in [7, 11) is 0.991. The number of methoxy groups -OCH3 is 1. The summed E-state index contributed by atoms with van der Waals surface area (Å²) in [6.07, 6.45) is 2.69. The van der Waals surface area contributed by atoms with Gasteiger partial charge in [-0.15, -0.1) is 0 Å². The number of rotatable bonds is 7. The van der Waals surface area contributed by atoms with Crippen LogP contribution in [0, 0.1) is 0 Å². The van der Waals surface area contributed by atoms with Gasteiger partial charge in [-0.05, 0) is 30.7 Å². The minimum atomic E-state index is -0.679. The van der Waals surface area contributed by atoms with Gasteiger partial charge in [0.15, 0.2) is 0 Å². The molecule has 90 valence electrons. The summed E-state index contributed by atoms with van der Waals surface area (Å²) in [5.74, 6) is 1.65. The fourth-order valence-corrected chi connectivity index (χ4v) is 1.97. The van der Waals surface area contributed by atoms with Crippen LogP contribution in [0.15, 0.2) is 24.3 Å². The largest absolute Gasteiger partial charge is 0.497 e. The van der Waals surface area contributed by atoms with Crippen LogP contribution < -0.4 is 10.1 Å². The fourth-order valence-electron chi connectivity index (χ4n) is 1.42. The second kappa shape index (κ2) is 7.41. The molecule has 0 saturated carbocycles. The van der Waals surface area contributed by atoms with E-state index in [2.05, 4.69) is 11.4 Å². The summed E-state index contributed by atoms with van der Waals surface area (Å²) >= 11 is 0. The zero-order valence-corrected chi connectivity index (χ0v) is 10.7. The normalized spacial score (nSPS) is 12.4. The molecule has 0 aliphatic carbocycles. The molecule has 3 nitrogen and oxygen atoms in total. The molecule has 1 N–H and O–H groups in total. The predicted octanol–water partition coefficient (Wildman–Crippen LogP) is 1.55. The number of hydrogen-bond acceptors (Lipinski definition) is 3. The highest BCUT2D eigenvalue weighted by atomic mass is 32.2. The maximum atomic E-state index is 10.8. The third-order valence-electron chi connectivity index (χ3n) is 2.25. The van der Waals surface area contributed by atoms with Crippen LogP contribution >= 0.6 is 0 Å². The third kappa shape index (κ3) is 5.28. The highest BCUT2D eigenvalue weighted by molar-refractivity contribution is 7.84. The Morgan fingerprint density at radius 1 is 1.44 bits per heavy atom. The molecule has 0 saturated heterocycles. The lowest BCUT2D eigenvalue weighted by molar-refractivity contribution is 0.414. The van der Waals surface area contributed by atoms with Gasteiger partial charge in [0.05, 0.1) is 7.11 Å². The van der Waals surface area contributed by atoms with E-state index in [1.807, 2.05) is 18.2 Å². The first-order chi connectivity index (χ1) is 7.72. The molecule has 0 aromatic heterocycles. The zero-order chi connectivity index (χ0) is 11.8. The average molecular weight is 241 g/mol. The molecule has 1 aromatic rings. The second-order valence-corrected chi connectivity index (χ2v) is 5.21. The van der Waals surface area contributed by atoms with E-state index >= 15 is 0 Å². The summed E-state index contributed by atoms with van der Waals surface area (Å²) in [6, 6.07) is 8.00. The molecule has 0 aliphatic rings. The summed E-state index contributed by atoms with van der Waals surface area (Å²) in [5, 5.41) is 3.32. The number of benzene rings is 1. The van der Waals surface area contributed by atoms with Crippen molar-refractivity contribution in [3.63, 3.8) is 0 Å². The van der Waals surface area contributed by atoms with Gasteiger partial charge in [-0.1, -0.05) is 12.1 Å². The molecule has 1 atom stereocenters. The lowest BCUT2D eigenvalue weighted by Gasteiger charge is -2.06. The van der Waals surface area contributed by atoms with Crippen molar-refractivity contribution >= 4 is 10.8 Å². The van der Waals surface area contributed by atoms with Crippen molar-refractivity contribution in [1.29, 1.82) is 0 Å². The predicted molar refractivity (Wildman–Crippen MR) is 68.3 cm³/mol. The lowest BCUT2D eigenvalue weighted by atomic mass is 10.2. The van der Waals surface area contributed by atoms with Crippen molar-refractivity contribution in [2.45, 2.75) is 13.0 Å². The van der Waals surface area contributed by atoms with Crippen molar-refractivity contribution in [3.8, 4) is 5.75 Å². The molecular weight excluding hydrogens is 222 g/mol. The number of hydrogen-bond donors (Lipinski definition) is 1. The van der Waals surface area contributed by atoms with Crippen LogP contribution in [-0.4, -0.2) is 29.9 Å². The van der Waals surface area contributed by atoms with Gasteiger partial charge < -0.3 is 10.1 Å². The third-order valence-corrected chi connectivity index (χ3v) is 3.11. The fraction of sp³-hybridized carbons (Fsp3) is 0.500. The summed E-state index contributed by atoms with van der Waals surface area (Å²) in [5.41, 5.74) is 1.21. The van der Waals surface area contributed by atoms with Crippen LogP contribution in [0.5, 0.6) is 5.75 Å². The van der Waals surface area contributed by atoms with Gasteiger partial charge in [0.25, 0.3) is 0 Å². The van der Waals surface area contributed by atoms with E-state index in [4.69, 9.17) is 4.74 Å². The molecule has 1 aromatic carbocycles. The van der Waals surface area contributed by atoms with Crippen molar-refractivity contribution in [3.05, 3.63) is 29.8 Å². The molecule has 0 bridgehead atoms. The smallest absolute Gasteiger partial charge is 0.119 e. The molecule has 0 aliphatic heterocycles. The monoisotopic (exact) mass is 241 g/mol. The van der Waals surface area contributed by atoms with Crippen LogP contribution in [0.25, 0.3) is 0 Å². The first kappa shape index (κ1) is 13.2. The lowest BCUT2D eigenvalue weighted by Crippen LogP contribution is -2.16. The quantitative estimate of drug-likeness (QED) is 0.736. The van der Waals surface area contributed by atoms with E-state index in [0.29, 0.717) is 0 Å². The molecule has 1 rings (SSSR count). The highest BCUT2D eigenvalue weighted by Crippen LogP contribution is 2.11. The van der Waals surface area contributed by atoms with Crippen LogP contribution in [0.1, 0.15) is 12.0 Å². The van der Waals surface area contributed by atoms with Gasteiger partial charge in [0, 0.05) is 29.4 Å². The molecule has 0 amide bonds. The minimum Gasteiger partial charge on any atom is -0.497 e. The first-order valence-electron chi connectivity index (χ1n) is 5.36. The minimum absolute atomic E-state index is 0.679. The van der Waals surface area contributed by atoms with E-state index in [-0.39, 0.29) is 0 Å². The van der Waals surface area contributed by atoms with Gasteiger partial charge in [-0.3, -0.25) is 4.21 Å². The van der Waals surface area contributed by atoms with Crippen molar-refractivity contribution in [2.75, 3.05) is 25.7 Å². The Morgan fingerprint density at radius 2 is 2.25 bits per heavy atom. The number of ether oxygens (including phenoxy) is 1. The van der Waals surface area contributed by atoms with Gasteiger partial charge in [-0.25, -0.2) is 0 Å². The van der Waals surface area contributed by atoms with Crippen molar-refractivity contribution in [2.24, 2.45) is 0 Å². The maximum Gasteiger partial charge on any atom is 0.119 e. The molecular formula is C12H19NO2S. The van der Waals surface area contributed by atoms with Gasteiger partial charge in [0.2, 0.25) is 0 Å². The molecule has 0 heterocycles. The van der Waals surface area contributed by atoms with E-state index < -0.39 is 10.8 Å². The molecule has 0 fully saturated rings. The molecule has 16 heavy (non-hydrogen) atoms. The number of nitrogens with one attached hydrogen (secondary N) is 1. The molecule has 4 heteroatoms. The van der Waals surface area contributed by atoms with Gasteiger partial charge in [-0.2, -0.15) is 0 Å². The summed E-state index contributed by atoms with van der Waals surface area (Å²) in [4.78, 5) is 0. The molecule has 1 unspecified atom stereocenters. The standard InChI is InChI=1S/C12H19NO2S/c1-15-12-6-3-5-11(9-12)10-13-7-4-8-16(2)14/h3,5-6,9,13H,4,7-8,10H2,1-2H3. The Labute approximate surface area is 99.7 Å². The summed E-state index contributed by atoms with van der Waals surface area (Å²) < 4.78 is 16.0. The van der Waals surface area contributed by atoms with Crippen LogP contribution in [0.2, 0.25) is 0 Å². The van der Waals surface area contributed by atoms with E-state index in [0.717, 1.165) is 31.0 Å². The Bertz CT molecular complexity index is 342.